The molecule has 14 heteroatoms. The van der Waals surface area contributed by atoms with Crippen LogP contribution in [0.5, 0.6) is 0 Å². The van der Waals surface area contributed by atoms with Crippen LogP contribution in [0.25, 0.3) is 15.3 Å². The number of carbonyl (C=O) groups is 1. The van der Waals surface area contributed by atoms with E-state index in [0.29, 0.717) is 15.6 Å². The van der Waals surface area contributed by atoms with Gasteiger partial charge in [0.05, 0.1) is 6.61 Å². The summed E-state index contributed by atoms with van der Waals surface area (Å²) in [6.07, 6.45) is -5.15. The van der Waals surface area contributed by atoms with Crippen LogP contribution >= 0.6 is 11.6 Å². The third-order valence-electron chi connectivity index (χ3n) is 5.81. The Morgan fingerprint density at radius 3 is 2.62 bits per heavy atom. The van der Waals surface area contributed by atoms with Crippen molar-refractivity contribution in [2.75, 3.05) is 11.9 Å². The number of nitrogens with zero attached hydrogens (tertiary/aromatic N) is 3. The molecule has 192 valence electrons. The Morgan fingerprint density at radius 2 is 1.97 bits per heavy atom. The molecule has 2 aromatic carbocycles. The zero-order valence-corrected chi connectivity index (χ0v) is 21.0. The van der Waals surface area contributed by atoms with Crippen LogP contribution in [-0.4, -0.2) is 68.7 Å². The molecule has 1 amide bonds. The number of alkyl halides is 2. The van der Waals surface area contributed by atoms with Gasteiger partial charge in [-0.1, -0.05) is 0 Å². The van der Waals surface area contributed by atoms with Gasteiger partial charge in [-0.25, -0.2) is 0 Å². The van der Waals surface area contributed by atoms with Crippen LogP contribution in [0.3, 0.4) is 0 Å². The van der Waals surface area contributed by atoms with Crippen LogP contribution < -0.4 is 16.6 Å². The Morgan fingerprint density at radius 1 is 1.22 bits per heavy atom. The van der Waals surface area contributed by atoms with Crippen LogP contribution in [0.4, 0.5) is 14.6 Å². The molecule has 0 saturated carbocycles. The van der Waals surface area contributed by atoms with Gasteiger partial charge >= 0.3 is 175 Å². The first-order valence-electron chi connectivity index (χ1n) is 10.8. The normalized spacial score (nSPS) is 20.8. The third kappa shape index (κ3) is 4.43. The van der Waals surface area contributed by atoms with E-state index in [9.17, 15) is 28.3 Å². The number of aromatic nitrogens is 3. The maximum absolute atomic E-state index is 14.3. The van der Waals surface area contributed by atoms with E-state index >= 15 is 0 Å². The number of aliphatic hydroxyl groups is 2. The van der Waals surface area contributed by atoms with Gasteiger partial charge in [0.25, 0.3) is 0 Å². The molecule has 0 aliphatic carbocycles. The SMILES string of the molecule is O=C(Nc1ccn(C2OC(CO)C(O)C2(F)F)c(=O)n1)c1ccc(-n2[se]c3ccccc3c2=O)cc1Cl. The summed E-state index contributed by atoms with van der Waals surface area (Å²) in [6, 6.07) is 12.8. The number of hydrogen-bond acceptors (Lipinski definition) is 7. The molecule has 5 rings (SSSR count). The number of ether oxygens (including phenoxy) is 1. The van der Waals surface area contributed by atoms with E-state index in [1.54, 1.807) is 21.8 Å². The van der Waals surface area contributed by atoms with Gasteiger partial charge in [-0.05, 0) is 0 Å². The first kappa shape index (κ1) is 25.5. The number of halogens is 3. The number of rotatable bonds is 5. The number of nitrogens with one attached hydrogen (secondary N) is 1. The first-order chi connectivity index (χ1) is 17.6. The van der Waals surface area contributed by atoms with Crippen LogP contribution in [0.2, 0.25) is 5.02 Å². The average molecular weight is 598 g/mol. The van der Waals surface area contributed by atoms with Gasteiger partial charge in [-0.15, -0.1) is 0 Å². The molecule has 1 fully saturated rings. The standard InChI is InChI=1S/C23H17ClF2N4O6Se/c24-14-9-11(30-20(34)13-3-1-2-4-16(13)37-30)5-6-12(14)19(33)27-17-7-8-29(22(35)28-17)21-23(25,26)18(32)15(10-31)36-21/h1-9,15,18,21,31-32H,10H2,(H,27,28,33,35). The summed E-state index contributed by atoms with van der Waals surface area (Å²) in [6.45, 7) is -0.872. The van der Waals surface area contributed by atoms with Crippen LogP contribution in [0.1, 0.15) is 16.6 Å². The molecular formula is C23H17ClF2N4O6Se. The second-order valence-electron chi connectivity index (χ2n) is 8.14. The Balaban J connectivity index is 1.37. The Kier molecular flexibility index (Phi) is 6.60. The number of aliphatic hydroxyl groups excluding tert-OH is 2. The van der Waals surface area contributed by atoms with Gasteiger partial charge < -0.3 is 14.9 Å². The molecule has 0 bridgehead atoms. The van der Waals surface area contributed by atoms with E-state index in [0.717, 1.165) is 16.5 Å². The van der Waals surface area contributed by atoms with Crippen molar-refractivity contribution in [3.63, 3.8) is 0 Å². The summed E-state index contributed by atoms with van der Waals surface area (Å²) >= 11 is 6.03. The number of fused-ring (bicyclic) bond motifs is 1. The van der Waals surface area contributed by atoms with Gasteiger partial charge in [0, 0.05) is 0 Å². The molecule has 2 aromatic heterocycles. The number of carbonyl (C=O) groups excluding carboxylic acids is 1. The Bertz CT molecular complexity index is 1640. The predicted octanol–water partition coefficient (Wildman–Crippen LogP) is 1.40. The maximum atomic E-state index is 14.3. The van der Waals surface area contributed by atoms with Crippen molar-refractivity contribution < 1.29 is 28.5 Å². The van der Waals surface area contributed by atoms with Crippen LogP contribution in [0.15, 0.2) is 64.3 Å². The van der Waals surface area contributed by atoms with E-state index in [1.807, 2.05) is 12.1 Å². The van der Waals surface area contributed by atoms with E-state index in [2.05, 4.69) is 10.3 Å². The third-order valence-corrected chi connectivity index (χ3v) is 8.45. The molecule has 3 atom stereocenters. The summed E-state index contributed by atoms with van der Waals surface area (Å²) in [7, 11) is 0. The first-order valence-corrected chi connectivity index (χ1v) is 12.8. The minimum absolute atomic E-state index is 0.0348. The molecule has 3 N–H and O–H groups in total. The van der Waals surface area contributed by atoms with Gasteiger partial charge in [0.1, 0.15) is 6.10 Å². The van der Waals surface area contributed by atoms with Crippen molar-refractivity contribution in [3.05, 3.63) is 86.2 Å². The summed E-state index contributed by atoms with van der Waals surface area (Å²) < 4.78 is 36.6. The van der Waals surface area contributed by atoms with E-state index in [-0.39, 0.29) is 36.7 Å². The zero-order chi connectivity index (χ0) is 26.5. The molecule has 0 radical (unpaired) electrons. The molecule has 3 heterocycles. The van der Waals surface area contributed by atoms with Gasteiger partial charge in [-0.2, -0.15) is 8.78 Å². The molecule has 4 aromatic rings. The molecule has 1 aliphatic rings. The summed E-state index contributed by atoms with van der Waals surface area (Å²) in [5.41, 5.74) is -0.788. The van der Waals surface area contributed by atoms with Crippen molar-refractivity contribution in [2.24, 2.45) is 0 Å². The zero-order valence-electron chi connectivity index (χ0n) is 18.5. The molecule has 0 spiro atoms. The fraction of sp³-hybridized carbons (Fsp3) is 0.217. The topological polar surface area (TPSA) is 136 Å². The Labute approximate surface area is 217 Å². The Hall–Kier alpha value is -3.19. The summed E-state index contributed by atoms with van der Waals surface area (Å²) in [5.74, 6) is -4.82. The van der Waals surface area contributed by atoms with Crippen molar-refractivity contribution in [2.45, 2.75) is 24.4 Å². The second kappa shape index (κ2) is 9.60. The number of hydrogen-bond donors (Lipinski definition) is 3. The van der Waals surface area contributed by atoms with Gasteiger partial charge in [-0.3, -0.25) is 0 Å². The van der Waals surface area contributed by atoms with Crippen LogP contribution in [-0.2, 0) is 4.74 Å². The number of amides is 1. The quantitative estimate of drug-likeness (QED) is 0.296. The molecule has 1 saturated heterocycles. The predicted molar refractivity (Wildman–Crippen MR) is 130 cm³/mol. The molecule has 1 aliphatic heterocycles. The van der Waals surface area contributed by atoms with Crippen molar-refractivity contribution in [1.82, 2.24) is 13.1 Å². The van der Waals surface area contributed by atoms with E-state index < -0.39 is 42.6 Å². The van der Waals surface area contributed by atoms with E-state index in [4.69, 9.17) is 21.4 Å². The van der Waals surface area contributed by atoms with Crippen molar-refractivity contribution in [1.29, 1.82) is 0 Å². The van der Waals surface area contributed by atoms with Crippen molar-refractivity contribution in [3.8, 4) is 5.69 Å². The molecule has 10 nitrogen and oxygen atoms in total. The fourth-order valence-electron chi connectivity index (χ4n) is 3.92. The number of benzene rings is 2. The summed E-state index contributed by atoms with van der Waals surface area (Å²) in [4.78, 5) is 41.5. The van der Waals surface area contributed by atoms with Crippen molar-refractivity contribution >= 4 is 47.7 Å². The second-order valence-corrected chi connectivity index (χ2v) is 10.6. The number of anilines is 1. The fourth-order valence-corrected chi connectivity index (χ4v) is 6.26. The van der Waals surface area contributed by atoms with E-state index in [1.165, 1.54) is 12.1 Å². The monoisotopic (exact) mass is 598 g/mol. The van der Waals surface area contributed by atoms with Gasteiger partial charge in [0.2, 0.25) is 0 Å². The van der Waals surface area contributed by atoms with Crippen LogP contribution in [0, 0.1) is 0 Å². The minimum atomic E-state index is -3.86. The average Bonchev–Trinajstić information content (AvgIpc) is 3.32. The molecule has 3 unspecified atom stereocenters. The van der Waals surface area contributed by atoms with Gasteiger partial charge in [0.15, 0.2) is 6.10 Å². The molecular weight excluding hydrogens is 581 g/mol. The summed E-state index contributed by atoms with van der Waals surface area (Å²) in [5, 5.41) is 21.8. The molecule has 37 heavy (non-hydrogen) atoms.